The van der Waals surface area contributed by atoms with Crippen LogP contribution in [-0.4, -0.2) is 0 Å². The van der Waals surface area contributed by atoms with Crippen LogP contribution >= 0.6 is 0 Å². The van der Waals surface area contributed by atoms with Crippen LogP contribution in [0.25, 0.3) is 0 Å². The molecule has 8 rings (SSSR count). The van der Waals surface area contributed by atoms with Crippen LogP contribution in [0.2, 0.25) is 0 Å². The summed E-state index contributed by atoms with van der Waals surface area (Å²) in [5, 5.41) is 0. The van der Waals surface area contributed by atoms with Crippen molar-refractivity contribution in [2.45, 2.75) is 38.0 Å². The topological polar surface area (TPSA) is 106 Å². The molecule has 43 heavy (non-hydrogen) atoms. The Morgan fingerprint density at radius 3 is 1.30 bits per heavy atom. The van der Waals surface area contributed by atoms with Gasteiger partial charge in [-0.1, -0.05) is 0 Å². The fourth-order valence-electron chi connectivity index (χ4n) is 7.65. The van der Waals surface area contributed by atoms with Crippen molar-refractivity contribution in [2.75, 3.05) is 17.2 Å². The molecule has 4 aromatic carbocycles. The van der Waals surface area contributed by atoms with Crippen LogP contribution in [0.4, 0.5) is 30.2 Å². The van der Waals surface area contributed by atoms with Crippen molar-refractivity contribution in [3.8, 4) is 34.5 Å². The molecule has 6 nitrogen and oxygen atoms in total. The van der Waals surface area contributed by atoms with E-state index in [-0.39, 0.29) is 40.4 Å². The summed E-state index contributed by atoms with van der Waals surface area (Å²) in [4.78, 5) is 0. The Morgan fingerprint density at radius 1 is 0.465 bits per heavy atom. The van der Waals surface area contributed by atoms with E-state index in [9.17, 15) is 13.2 Å². The highest BCUT2D eigenvalue weighted by molar-refractivity contribution is 5.58. The maximum absolute atomic E-state index is 15.0. The molecule has 0 spiro atoms. The van der Waals surface area contributed by atoms with E-state index in [1.807, 2.05) is 0 Å². The van der Waals surface area contributed by atoms with Crippen LogP contribution in [0.15, 0.2) is 66.7 Å². The number of nitrogens with two attached hydrogens (primary N) is 3. The lowest BCUT2D eigenvalue weighted by atomic mass is 9.50. The molecule has 0 amide bonds. The van der Waals surface area contributed by atoms with E-state index in [0.717, 1.165) is 31.2 Å². The second-order valence-corrected chi connectivity index (χ2v) is 12.2. The van der Waals surface area contributed by atoms with Gasteiger partial charge in [-0.3, -0.25) is 0 Å². The lowest BCUT2D eigenvalue weighted by molar-refractivity contribution is -0.00343. The van der Waals surface area contributed by atoms with Gasteiger partial charge in [0.1, 0.15) is 5.75 Å². The van der Waals surface area contributed by atoms with E-state index in [4.69, 9.17) is 31.4 Å². The zero-order valence-corrected chi connectivity index (χ0v) is 23.4. The van der Waals surface area contributed by atoms with Crippen molar-refractivity contribution < 1.29 is 27.4 Å². The summed E-state index contributed by atoms with van der Waals surface area (Å²) in [5.41, 5.74) is 19.5. The number of rotatable bonds is 7. The highest BCUT2D eigenvalue weighted by Gasteiger charge is 2.49. The fraction of sp³-hybridized carbons (Fsp3) is 0.294. The standard InChI is InChI=1S/C34H32F3N3O3/c35-25-4-1-21(38)12-29(25)41-28-16-33(43-31-14-23(40)3-6-27(31)37)32(42-30-13-22(39)2-5-26(30)36)15-24(28)34-19-8-17-7-18(10-19)11-20(34)9-17/h1-6,12-20,34H,7-11,38-40H2. The molecule has 6 N–H and O–H groups in total. The van der Waals surface area contributed by atoms with Gasteiger partial charge in [0.2, 0.25) is 0 Å². The van der Waals surface area contributed by atoms with Crippen molar-refractivity contribution >= 4 is 17.1 Å². The van der Waals surface area contributed by atoms with E-state index >= 15 is 0 Å². The first-order valence-electron chi connectivity index (χ1n) is 14.6. The summed E-state index contributed by atoms with van der Waals surface area (Å²) in [7, 11) is 0. The predicted octanol–water partition coefficient (Wildman–Crippen LogP) is 8.77. The predicted molar refractivity (Wildman–Crippen MR) is 159 cm³/mol. The van der Waals surface area contributed by atoms with Gasteiger partial charge in [0.15, 0.2) is 46.2 Å². The lowest BCUT2D eigenvalue weighted by Gasteiger charge is -2.54. The van der Waals surface area contributed by atoms with Crippen LogP contribution in [-0.2, 0) is 0 Å². The van der Waals surface area contributed by atoms with Crippen LogP contribution in [0, 0.1) is 41.1 Å². The maximum atomic E-state index is 15.0. The van der Waals surface area contributed by atoms with E-state index in [2.05, 4.69) is 0 Å². The molecule has 0 aliphatic heterocycles. The van der Waals surface area contributed by atoms with Crippen LogP contribution < -0.4 is 31.4 Å². The summed E-state index contributed by atoms with van der Waals surface area (Å²) in [6.45, 7) is 0. The monoisotopic (exact) mass is 587 g/mol. The number of hydrogen-bond donors (Lipinski definition) is 3. The smallest absolute Gasteiger partial charge is 0.173 e. The van der Waals surface area contributed by atoms with Gasteiger partial charge in [-0.25, -0.2) is 13.2 Å². The quantitative estimate of drug-likeness (QED) is 0.187. The Balaban J connectivity index is 1.39. The fourth-order valence-corrected chi connectivity index (χ4v) is 7.65. The molecule has 9 heteroatoms. The van der Waals surface area contributed by atoms with Crippen molar-refractivity contribution in [1.29, 1.82) is 0 Å². The van der Waals surface area contributed by atoms with Crippen LogP contribution in [0.1, 0.15) is 43.6 Å². The molecule has 222 valence electrons. The van der Waals surface area contributed by atoms with Gasteiger partial charge in [-0.2, -0.15) is 0 Å². The van der Waals surface area contributed by atoms with Crippen molar-refractivity contribution in [1.82, 2.24) is 0 Å². The molecule has 0 unspecified atom stereocenters. The second kappa shape index (κ2) is 10.6. The summed E-state index contributed by atoms with van der Waals surface area (Å²) >= 11 is 0. The van der Waals surface area contributed by atoms with Gasteiger partial charge < -0.3 is 31.4 Å². The van der Waals surface area contributed by atoms with Gasteiger partial charge in [-0.15, -0.1) is 0 Å². The minimum absolute atomic E-state index is 0.0261. The van der Waals surface area contributed by atoms with Crippen molar-refractivity contribution in [2.24, 2.45) is 23.7 Å². The SMILES string of the molecule is Nc1ccc(F)c(Oc2cc(Oc3cc(N)ccc3F)c(C3C4CC5CC(C4)CC3C5)cc2Oc2cc(N)ccc2F)c1. The molecule has 4 saturated carbocycles. The highest BCUT2D eigenvalue weighted by Crippen LogP contribution is 2.62. The molecular formula is C34H32F3N3O3. The molecule has 4 aliphatic rings. The van der Waals surface area contributed by atoms with Crippen LogP contribution in [0.3, 0.4) is 0 Å². The third-order valence-corrected chi connectivity index (χ3v) is 9.19. The zero-order valence-electron chi connectivity index (χ0n) is 23.4. The molecule has 0 aromatic heterocycles. The number of nitrogen functional groups attached to an aromatic ring is 3. The number of anilines is 3. The van der Waals surface area contributed by atoms with Crippen molar-refractivity contribution in [3.05, 3.63) is 89.7 Å². The van der Waals surface area contributed by atoms with E-state index in [0.29, 0.717) is 40.8 Å². The molecule has 0 heterocycles. The normalized spacial score (nSPS) is 23.7. The van der Waals surface area contributed by atoms with Gasteiger partial charge in [0.05, 0.1) is 0 Å². The van der Waals surface area contributed by atoms with E-state index in [1.54, 1.807) is 12.1 Å². The molecule has 4 fully saturated rings. The molecule has 4 bridgehead atoms. The third-order valence-electron chi connectivity index (χ3n) is 9.19. The third kappa shape index (κ3) is 5.28. The highest BCUT2D eigenvalue weighted by atomic mass is 19.1. The summed E-state index contributed by atoms with van der Waals surface area (Å²) in [5.74, 6) is 0.636. The minimum Gasteiger partial charge on any atom is -0.454 e. The molecular weight excluding hydrogens is 555 g/mol. The van der Waals surface area contributed by atoms with Crippen molar-refractivity contribution in [3.63, 3.8) is 0 Å². The van der Waals surface area contributed by atoms with Gasteiger partial charge >= 0.3 is 0 Å². The Labute approximate surface area is 247 Å². The molecule has 4 aliphatic carbocycles. The van der Waals surface area contributed by atoms with Crippen LogP contribution in [0.5, 0.6) is 34.5 Å². The Bertz CT molecular complexity index is 1680. The Morgan fingerprint density at radius 2 is 0.860 bits per heavy atom. The number of benzene rings is 4. The van der Waals surface area contributed by atoms with E-state index < -0.39 is 17.5 Å². The van der Waals surface area contributed by atoms with Gasteiger partial charge in [0, 0.05) is 46.9 Å². The summed E-state index contributed by atoms with van der Waals surface area (Å²) in [6, 6.07) is 15.4. The zero-order chi connectivity index (χ0) is 29.8. The molecule has 0 saturated heterocycles. The molecule has 0 radical (unpaired) electrons. The molecule has 0 atom stereocenters. The van der Waals surface area contributed by atoms with Gasteiger partial charge in [-0.05, 0) is 104 Å². The first kappa shape index (κ1) is 27.3. The van der Waals surface area contributed by atoms with E-state index in [1.165, 1.54) is 61.0 Å². The molecule has 4 aromatic rings. The Hall–Kier alpha value is -4.53. The summed E-state index contributed by atoms with van der Waals surface area (Å²) in [6.07, 6.45) is 5.71. The average molecular weight is 588 g/mol. The first-order valence-corrected chi connectivity index (χ1v) is 14.6. The largest absolute Gasteiger partial charge is 0.454 e. The second-order valence-electron chi connectivity index (χ2n) is 12.2. The average Bonchev–Trinajstić information content (AvgIpc) is 2.96. The number of hydrogen-bond acceptors (Lipinski definition) is 6. The Kier molecular flexibility index (Phi) is 6.75. The number of ether oxygens (including phenoxy) is 3. The first-order chi connectivity index (χ1) is 20.7. The lowest BCUT2D eigenvalue weighted by Crippen LogP contribution is -2.43. The van der Waals surface area contributed by atoms with Gasteiger partial charge in [0.25, 0.3) is 0 Å². The number of halogens is 3. The maximum Gasteiger partial charge on any atom is 0.173 e. The minimum atomic E-state index is -0.662. The summed E-state index contributed by atoms with van der Waals surface area (Å²) < 4.78 is 63.1.